The summed E-state index contributed by atoms with van der Waals surface area (Å²) in [7, 11) is -7.36. The molecule has 0 aliphatic carbocycles. The second kappa shape index (κ2) is 8.30. The van der Waals surface area contributed by atoms with Gasteiger partial charge in [0.2, 0.25) is 0 Å². The molecule has 5 heteroatoms. The van der Waals surface area contributed by atoms with Crippen LogP contribution in [0.2, 0.25) is 0 Å². The minimum atomic E-state index is -3.85. The van der Waals surface area contributed by atoms with Gasteiger partial charge in [0.1, 0.15) is 4.99 Å². The molecule has 0 aliphatic heterocycles. The Morgan fingerprint density at radius 2 is 1.10 bits per heavy atom. The Morgan fingerprint density at radius 1 is 0.724 bits per heavy atom. The summed E-state index contributed by atoms with van der Waals surface area (Å²) in [6.45, 7) is 5.96. The quantitative estimate of drug-likeness (QED) is 0.507. The Labute approximate surface area is 174 Å². The van der Waals surface area contributed by atoms with E-state index in [0.717, 1.165) is 0 Å². The lowest BCUT2D eigenvalue weighted by molar-refractivity contribution is 0.385. The van der Waals surface area contributed by atoms with E-state index in [-0.39, 0.29) is 16.7 Å². The number of hydrogen-bond acceptors (Lipinski definition) is 3. The first-order valence-corrected chi connectivity index (χ1v) is 13.0. The van der Waals surface area contributed by atoms with Crippen molar-refractivity contribution in [2.24, 2.45) is 5.41 Å². The number of hydrogen-bond donors (Lipinski definition) is 0. The van der Waals surface area contributed by atoms with Crippen molar-refractivity contribution in [1.82, 2.24) is 0 Å². The fourth-order valence-electron chi connectivity index (χ4n) is 3.51. The van der Waals surface area contributed by atoms with Gasteiger partial charge in [0.15, 0.2) is 17.0 Å². The van der Waals surface area contributed by atoms with Gasteiger partial charge in [-0.05, 0) is 24.0 Å². The van der Waals surface area contributed by atoms with E-state index in [1.807, 2.05) is 57.2 Å². The third kappa shape index (κ3) is 4.55. The van der Waals surface area contributed by atoms with Gasteiger partial charge < -0.3 is 4.57 Å². The molecule has 3 nitrogen and oxygen atoms in total. The fourth-order valence-corrected chi connectivity index (χ4v) is 10.7. The highest BCUT2D eigenvalue weighted by molar-refractivity contribution is 8.03. The van der Waals surface area contributed by atoms with Crippen molar-refractivity contribution in [2.45, 2.75) is 37.1 Å². The molecule has 0 fully saturated rings. The van der Waals surface area contributed by atoms with Gasteiger partial charge in [0.25, 0.3) is 0 Å². The van der Waals surface area contributed by atoms with E-state index in [9.17, 15) is 13.0 Å². The smallest absolute Gasteiger partial charge is 0.188 e. The third-order valence-corrected chi connectivity index (χ3v) is 11.6. The lowest BCUT2D eigenvalue weighted by Crippen LogP contribution is -2.35. The Bertz CT molecular complexity index is 1040. The van der Waals surface area contributed by atoms with Gasteiger partial charge in [-0.2, -0.15) is 0 Å². The van der Waals surface area contributed by atoms with Crippen LogP contribution >= 0.6 is 7.14 Å². The van der Waals surface area contributed by atoms with E-state index >= 15 is 0 Å². The molecule has 3 rings (SSSR count). The summed E-state index contributed by atoms with van der Waals surface area (Å²) < 4.78 is 42.5. The topological polar surface area (TPSA) is 51.2 Å². The van der Waals surface area contributed by atoms with E-state index in [4.69, 9.17) is 0 Å². The maximum atomic E-state index is 14.8. The number of sulfone groups is 1. The molecule has 3 aromatic rings. The summed E-state index contributed by atoms with van der Waals surface area (Å²) in [6, 6.07) is 26.5. The minimum absolute atomic E-state index is 0.210. The molecule has 0 saturated carbocycles. The summed E-state index contributed by atoms with van der Waals surface area (Å²) in [6.07, 6.45) is 0.283. The number of rotatable bonds is 6. The summed E-state index contributed by atoms with van der Waals surface area (Å²) in [5.74, 6) is 0. The predicted octanol–water partition coefficient (Wildman–Crippen LogP) is 5.24. The van der Waals surface area contributed by atoms with Crippen LogP contribution in [0.4, 0.5) is 0 Å². The van der Waals surface area contributed by atoms with Gasteiger partial charge in [-0.3, -0.25) is 0 Å². The second-order valence-corrected chi connectivity index (χ2v) is 13.9. The molecule has 0 N–H and O–H groups in total. The van der Waals surface area contributed by atoms with E-state index in [1.165, 1.54) is 0 Å². The normalized spacial score (nSPS) is 13.8. The van der Waals surface area contributed by atoms with E-state index in [1.54, 1.807) is 54.6 Å². The van der Waals surface area contributed by atoms with Crippen LogP contribution in [0.15, 0.2) is 95.9 Å². The Morgan fingerprint density at radius 3 is 1.48 bits per heavy atom. The van der Waals surface area contributed by atoms with Crippen LogP contribution in [0.25, 0.3) is 0 Å². The van der Waals surface area contributed by atoms with Crippen LogP contribution < -0.4 is 10.6 Å². The average molecular weight is 427 g/mol. The molecule has 0 spiro atoms. The fraction of sp³-hybridized carbons (Fsp3) is 0.250. The van der Waals surface area contributed by atoms with Crippen molar-refractivity contribution in [2.75, 3.05) is 0 Å². The van der Waals surface area contributed by atoms with Gasteiger partial charge in [0, 0.05) is 10.6 Å². The van der Waals surface area contributed by atoms with Gasteiger partial charge in [-0.1, -0.05) is 99.6 Å². The lowest BCUT2D eigenvalue weighted by Gasteiger charge is -2.33. The van der Waals surface area contributed by atoms with Crippen LogP contribution in [0, 0.1) is 5.41 Å². The molecule has 0 saturated heterocycles. The van der Waals surface area contributed by atoms with Crippen LogP contribution in [0.5, 0.6) is 0 Å². The first-order valence-electron chi connectivity index (χ1n) is 9.65. The minimum Gasteiger partial charge on any atom is -0.312 e. The Balaban J connectivity index is 2.32. The summed E-state index contributed by atoms with van der Waals surface area (Å²) in [4.78, 5) is -0.844. The molecule has 0 heterocycles. The highest BCUT2D eigenvalue weighted by Gasteiger charge is 2.47. The standard InChI is InChI=1S/C24H27O3PS/c1-24(2,3)19-23(29(26,27)22-17-11-6-12-18-22)28(25,20-13-7-4-8-14-20)21-15-9-5-10-16-21/h4-18,23H,19H2,1-3H3. The summed E-state index contributed by atoms with van der Waals surface area (Å²) in [5, 5.41) is 1.14. The maximum absolute atomic E-state index is 14.8. The Hall–Kier alpha value is -2.16. The molecule has 152 valence electrons. The van der Waals surface area contributed by atoms with E-state index < -0.39 is 22.0 Å². The second-order valence-electron chi connectivity index (χ2n) is 8.41. The van der Waals surface area contributed by atoms with Crippen molar-refractivity contribution in [3.05, 3.63) is 91.0 Å². The molecular weight excluding hydrogens is 399 g/mol. The van der Waals surface area contributed by atoms with Gasteiger partial charge >= 0.3 is 0 Å². The van der Waals surface area contributed by atoms with E-state index in [2.05, 4.69) is 0 Å². The van der Waals surface area contributed by atoms with Crippen molar-refractivity contribution in [3.8, 4) is 0 Å². The van der Waals surface area contributed by atoms with Gasteiger partial charge in [-0.25, -0.2) is 8.42 Å². The van der Waals surface area contributed by atoms with Crippen LogP contribution in [-0.2, 0) is 14.4 Å². The monoisotopic (exact) mass is 426 g/mol. The largest absolute Gasteiger partial charge is 0.312 e. The molecule has 1 atom stereocenters. The zero-order valence-corrected chi connectivity index (χ0v) is 18.7. The van der Waals surface area contributed by atoms with Crippen molar-refractivity contribution in [1.29, 1.82) is 0 Å². The predicted molar refractivity (Wildman–Crippen MR) is 121 cm³/mol. The van der Waals surface area contributed by atoms with Gasteiger partial charge in [-0.15, -0.1) is 0 Å². The first-order chi connectivity index (χ1) is 13.7. The highest BCUT2D eigenvalue weighted by Crippen LogP contribution is 2.55. The third-order valence-electron chi connectivity index (χ3n) is 4.90. The average Bonchev–Trinajstić information content (AvgIpc) is 2.73. The van der Waals surface area contributed by atoms with Crippen LogP contribution in [0.3, 0.4) is 0 Å². The highest BCUT2D eigenvalue weighted by atomic mass is 32.2. The number of benzene rings is 3. The molecule has 0 bridgehead atoms. The SMILES string of the molecule is CC(C)(C)CC(P(=O)(c1ccccc1)c1ccccc1)S(=O)(=O)c1ccccc1. The molecule has 1 unspecified atom stereocenters. The molecule has 29 heavy (non-hydrogen) atoms. The molecule has 0 aliphatic rings. The molecular formula is C24H27O3PS. The zero-order valence-electron chi connectivity index (χ0n) is 17.0. The molecule has 0 amide bonds. The molecule has 0 aromatic heterocycles. The van der Waals surface area contributed by atoms with Crippen molar-refractivity contribution < 1.29 is 13.0 Å². The lowest BCUT2D eigenvalue weighted by atomic mass is 9.93. The molecule has 0 radical (unpaired) electrons. The van der Waals surface area contributed by atoms with E-state index in [0.29, 0.717) is 10.6 Å². The van der Waals surface area contributed by atoms with Gasteiger partial charge in [0.05, 0.1) is 4.90 Å². The molecule has 3 aromatic carbocycles. The zero-order chi connectivity index (χ0) is 21.1. The first kappa shape index (κ1) is 21.5. The maximum Gasteiger partial charge on any atom is 0.188 e. The van der Waals surface area contributed by atoms with Crippen LogP contribution in [0.1, 0.15) is 27.2 Å². The Kier molecular flexibility index (Phi) is 6.16. The summed E-state index contributed by atoms with van der Waals surface area (Å²) in [5.41, 5.74) is -0.328. The van der Waals surface area contributed by atoms with Crippen molar-refractivity contribution >= 4 is 27.6 Å². The summed E-state index contributed by atoms with van der Waals surface area (Å²) >= 11 is 0. The van der Waals surface area contributed by atoms with Crippen molar-refractivity contribution in [3.63, 3.8) is 0 Å². The van der Waals surface area contributed by atoms with Crippen LogP contribution in [-0.4, -0.2) is 13.4 Å².